The largest absolute Gasteiger partial charge is 0.507 e. The van der Waals surface area contributed by atoms with E-state index in [4.69, 9.17) is 0 Å². The van der Waals surface area contributed by atoms with Gasteiger partial charge in [-0.15, -0.1) is 11.3 Å². The fourth-order valence-corrected chi connectivity index (χ4v) is 4.70. The molecule has 3 aromatic rings. The number of anilines is 1. The first kappa shape index (κ1) is 20.4. The molecular formula is C22H16BrFN2O3S. The topological polar surface area (TPSA) is 70.5 Å². The molecule has 2 heterocycles. The monoisotopic (exact) mass is 486 g/mol. The molecule has 1 unspecified atom stereocenters. The van der Waals surface area contributed by atoms with Gasteiger partial charge < -0.3 is 5.11 Å². The summed E-state index contributed by atoms with van der Waals surface area (Å²) < 4.78 is 14.1. The number of nitrogens with zero attached hydrogens (tertiary/aromatic N) is 2. The van der Waals surface area contributed by atoms with Crippen LogP contribution in [-0.4, -0.2) is 21.8 Å². The molecule has 0 radical (unpaired) electrons. The van der Waals surface area contributed by atoms with Crippen LogP contribution < -0.4 is 4.90 Å². The molecule has 8 heteroatoms. The fourth-order valence-electron chi connectivity index (χ4n) is 3.34. The van der Waals surface area contributed by atoms with Crippen molar-refractivity contribution in [2.24, 2.45) is 0 Å². The Labute approximate surface area is 184 Å². The van der Waals surface area contributed by atoms with Crippen LogP contribution in [0.1, 0.15) is 27.7 Å². The van der Waals surface area contributed by atoms with E-state index in [2.05, 4.69) is 20.9 Å². The SMILES string of the molecule is Cc1nc(N2C(=O)C(=O)C(=C(O)c3ccc(F)cc3)C2c2cccc(Br)c2)sc1C. The number of benzene rings is 2. The minimum absolute atomic E-state index is 0.0600. The summed E-state index contributed by atoms with van der Waals surface area (Å²) in [7, 11) is 0. The summed E-state index contributed by atoms with van der Waals surface area (Å²) in [6.45, 7) is 3.72. The molecule has 1 fully saturated rings. The van der Waals surface area contributed by atoms with Gasteiger partial charge in [0.15, 0.2) is 5.13 Å². The maximum absolute atomic E-state index is 13.3. The van der Waals surface area contributed by atoms with Gasteiger partial charge in [-0.05, 0) is 55.8 Å². The summed E-state index contributed by atoms with van der Waals surface area (Å²) in [6.07, 6.45) is 0. The van der Waals surface area contributed by atoms with Crippen molar-refractivity contribution in [1.29, 1.82) is 0 Å². The Kier molecular flexibility index (Phi) is 5.29. The van der Waals surface area contributed by atoms with Crippen molar-refractivity contribution in [3.05, 3.63) is 86.1 Å². The molecule has 4 rings (SSSR count). The lowest BCUT2D eigenvalue weighted by atomic mass is 9.95. The van der Waals surface area contributed by atoms with Crippen molar-refractivity contribution in [2.45, 2.75) is 19.9 Å². The number of amides is 1. The number of aliphatic hydroxyl groups excluding tert-OH is 1. The zero-order valence-electron chi connectivity index (χ0n) is 16.0. The number of Topliss-reactive ketones (excluding diaryl/α,β-unsaturated/α-hetero) is 1. The van der Waals surface area contributed by atoms with Crippen LogP contribution in [-0.2, 0) is 9.59 Å². The summed E-state index contributed by atoms with van der Waals surface area (Å²) in [5, 5.41) is 11.3. The molecule has 152 valence electrons. The zero-order valence-corrected chi connectivity index (χ0v) is 18.4. The molecule has 1 aliphatic rings. The van der Waals surface area contributed by atoms with Crippen LogP contribution in [0.3, 0.4) is 0 Å². The van der Waals surface area contributed by atoms with Gasteiger partial charge in [-0.3, -0.25) is 14.5 Å². The molecule has 1 aliphatic heterocycles. The third kappa shape index (κ3) is 3.46. The van der Waals surface area contributed by atoms with E-state index >= 15 is 0 Å². The van der Waals surface area contributed by atoms with E-state index < -0.39 is 23.5 Å². The average Bonchev–Trinajstić information content (AvgIpc) is 3.18. The molecule has 1 N–H and O–H groups in total. The number of rotatable bonds is 3. The highest BCUT2D eigenvalue weighted by Gasteiger charge is 2.48. The third-order valence-corrected chi connectivity index (χ3v) is 6.52. The van der Waals surface area contributed by atoms with Crippen molar-refractivity contribution in [2.75, 3.05) is 4.90 Å². The molecule has 0 saturated carbocycles. The molecule has 1 atom stereocenters. The second kappa shape index (κ2) is 7.77. The Morgan fingerprint density at radius 2 is 1.87 bits per heavy atom. The molecule has 2 aromatic carbocycles. The van der Waals surface area contributed by atoms with Crippen LogP contribution in [0.15, 0.2) is 58.6 Å². The Morgan fingerprint density at radius 1 is 1.17 bits per heavy atom. The second-order valence-electron chi connectivity index (χ2n) is 6.87. The molecule has 30 heavy (non-hydrogen) atoms. The van der Waals surface area contributed by atoms with Crippen molar-refractivity contribution in [3.8, 4) is 0 Å². The number of hydrogen-bond acceptors (Lipinski definition) is 5. The summed E-state index contributed by atoms with van der Waals surface area (Å²) in [5.74, 6) is -2.40. The van der Waals surface area contributed by atoms with E-state index in [0.29, 0.717) is 10.7 Å². The van der Waals surface area contributed by atoms with Gasteiger partial charge in [-0.1, -0.05) is 28.1 Å². The van der Waals surface area contributed by atoms with E-state index in [-0.39, 0.29) is 16.9 Å². The quantitative estimate of drug-likeness (QED) is 0.310. The van der Waals surface area contributed by atoms with Gasteiger partial charge in [-0.25, -0.2) is 9.37 Å². The molecule has 0 aliphatic carbocycles. The smallest absolute Gasteiger partial charge is 0.301 e. The van der Waals surface area contributed by atoms with Gasteiger partial charge in [0.2, 0.25) is 0 Å². The molecule has 5 nitrogen and oxygen atoms in total. The fraction of sp³-hybridized carbons (Fsp3) is 0.136. The van der Waals surface area contributed by atoms with E-state index in [1.54, 1.807) is 18.2 Å². The van der Waals surface area contributed by atoms with Gasteiger partial charge in [0.05, 0.1) is 17.3 Å². The Balaban J connectivity index is 1.96. The average molecular weight is 487 g/mol. The lowest BCUT2D eigenvalue weighted by molar-refractivity contribution is -0.132. The second-order valence-corrected chi connectivity index (χ2v) is 8.97. The lowest BCUT2D eigenvalue weighted by Crippen LogP contribution is -2.29. The van der Waals surface area contributed by atoms with Crippen LogP contribution in [0.4, 0.5) is 9.52 Å². The number of thiazole rings is 1. The Morgan fingerprint density at radius 3 is 2.47 bits per heavy atom. The van der Waals surface area contributed by atoms with Crippen LogP contribution in [0.5, 0.6) is 0 Å². The number of carbonyl (C=O) groups excluding carboxylic acids is 2. The van der Waals surface area contributed by atoms with Crippen LogP contribution >= 0.6 is 27.3 Å². The summed E-state index contributed by atoms with van der Waals surface area (Å²) >= 11 is 4.73. The van der Waals surface area contributed by atoms with Gasteiger partial charge in [0.25, 0.3) is 5.78 Å². The molecule has 1 aromatic heterocycles. The molecule has 0 spiro atoms. The van der Waals surface area contributed by atoms with Crippen LogP contribution in [0.2, 0.25) is 0 Å². The van der Waals surface area contributed by atoms with Gasteiger partial charge in [-0.2, -0.15) is 0 Å². The van der Waals surface area contributed by atoms with E-state index in [9.17, 15) is 19.1 Å². The van der Waals surface area contributed by atoms with Crippen LogP contribution in [0.25, 0.3) is 5.76 Å². The number of aromatic nitrogens is 1. The highest BCUT2D eigenvalue weighted by Crippen LogP contribution is 2.44. The predicted octanol–water partition coefficient (Wildman–Crippen LogP) is 5.29. The maximum atomic E-state index is 13.3. The summed E-state index contributed by atoms with van der Waals surface area (Å²) in [4.78, 5) is 32.7. The highest BCUT2D eigenvalue weighted by atomic mass is 79.9. The number of aryl methyl sites for hydroxylation is 2. The number of hydrogen-bond donors (Lipinski definition) is 1. The normalized spacial score (nSPS) is 18.3. The van der Waals surface area contributed by atoms with E-state index in [1.807, 2.05) is 19.9 Å². The Bertz CT molecular complexity index is 1180. The number of carbonyl (C=O) groups is 2. The minimum atomic E-state index is -0.863. The molecule has 1 amide bonds. The number of ketones is 1. The Hall–Kier alpha value is -2.84. The first-order valence-corrected chi connectivity index (χ1v) is 10.7. The molecular weight excluding hydrogens is 471 g/mol. The standard InChI is InChI=1S/C22H16BrFN2O3S/c1-11-12(2)30-22(25-11)26-18(14-4-3-5-15(23)10-14)17(20(28)21(26)29)19(27)13-6-8-16(24)9-7-13/h3-10,18,27H,1-2H3. The van der Waals surface area contributed by atoms with Gasteiger partial charge in [0, 0.05) is 14.9 Å². The molecule has 0 bridgehead atoms. The first-order valence-electron chi connectivity index (χ1n) is 9.04. The third-order valence-electron chi connectivity index (χ3n) is 4.95. The lowest BCUT2D eigenvalue weighted by Gasteiger charge is -2.23. The summed E-state index contributed by atoms with van der Waals surface area (Å²) in [5.41, 5.74) is 1.59. The van der Waals surface area contributed by atoms with E-state index in [0.717, 1.165) is 15.0 Å². The van der Waals surface area contributed by atoms with Crippen molar-refractivity contribution in [1.82, 2.24) is 4.98 Å². The number of halogens is 2. The van der Waals surface area contributed by atoms with E-state index in [1.165, 1.54) is 40.5 Å². The maximum Gasteiger partial charge on any atom is 0.301 e. The van der Waals surface area contributed by atoms with Gasteiger partial charge >= 0.3 is 5.91 Å². The van der Waals surface area contributed by atoms with Crippen molar-refractivity contribution < 1.29 is 19.1 Å². The van der Waals surface area contributed by atoms with Crippen molar-refractivity contribution >= 4 is 49.8 Å². The van der Waals surface area contributed by atoms with Crippen LogP contribution in [0, 0.1) is 19.7 Å². The van der Waals surface area contributed by atoms with Gasteiger partial charge in [0.1, 0.15) is 11.6 Å². The predicted molar refractivity (Wildman–Crippen MR) is 117 cm³/mol. The highest BCUT2D eigenvalue weighted by molar-refractivity contribution is 9.10. The first-order chi connectivity index (χ1) is 14.3. The summed E-state index contributed by atoms with van der Waals surface area (Å²) in [6, 6.07) is 11.4. The van der Waals surface area contributed by atoms with Crippen molar-refractivity contribution in [3.63, 3.8) is 0 Å². The number of aliphatic hydroxyl groups is 1. The minimum Gasteiger partial charge on any atom is -0.507 e. The zero-order chi connectivity index (χ0) is 21.6. The molecule has 1 saturated heterocycles.